The van der Waals surface area contributed by atoms with Gasteiger partial charge in [0, 0.05) is 35.9 Å². The third-order valence-corrected chi connectivity index (χ3v) is 4.59. The first-order valence-corrected chi connectivity index (χ1v) is 9.16. The van der Waals surface area contributed by atoms with Crippen molar-refractivity contribution >= 4 is 10.8 Å². The lowest BCUT2D eigenvalue weighted by molar-refractivity contribution is -0.0497. The second-order valence-electron chi connectivity index (χ2n) is 5.46. The molecule has 0 aliphatic heterocycles. The van der Waals surface area contributed by atoms with Crippen LogP contribution >= 0.6 is 0 Å². The molecule has 4 atom stereocenters. The fourth-order valence-electron chi connectivity index (χ4n) is 2.64. The van der Waals surface area contributed by atoms with Crippen LogP contribution in [0.1, 0.15) is 39.0 Å². The lowest BCUT2D eigenvalue weighted by Gasteiger charge is -2.31. The van der Waals surface area contributed by atoms with Gasteiger partial charge in [0.2, 0.25) is 0 Å². The van der Waals surface area contributed by atoms with E-state index in [1.54, 1.807) is 6.26 Å². The fourth-order valence-corrected chi connectivity index (χ4v) is 3.07. The Labute approximate surface area is 119 Å². The monoisotopic (exact) mass is 291 g/mol. The molecule has 2 N–H and O–H groups in total. The van der Waals surface area contributed by atoms with Gasteiger partial charge in [-0.25, -0.2) is 0 Å². The Bertz CT molecular complexity index is 263. The zero-order valence-electron chi connectivity index (χ0n) is 12.3. The Hall–Kier alpha value is 0.0300. The number of ether oxygens (including phenoxy) is 1. The summed E-state index contributed by atoms with van der Waals surface area (Å²) in [7, 11) is -0.769. The van der Waals surface area contributed by atoms with Crippen molar-refractivity contribution < 1.29 is 14.1 Å². The zero-order chi connectivity index (χ0) is 14.1. The molecule has 0 heterocycles. The number of rotatable bonds is 9. The summed E-state index contributed by atoms with van der Waals surface area (Å²) in [6.45, 7) is 3.82. The van der Waals surface area contributed by atoms with Gasteiger partial charge in [-0.1, -0.05) is 26.2 Å². The van der Waals surface area contributed by atoms with Crippen molar-refractivity contribution in [3.05, 3.63) is 0 Å². The predicted molar refractivity (Wildman–Crippen MR) is 79.8 cm³/mol. The van der Waals surface area contributed by atoms with Gasteiger partial charge in [0.15, 0.2) is 0 Å². The summed E-state index contributed by atoms with van der Waals surface area (Å²) >= 11 is 0. The van der Waals surface area contributed by atoms with Crippen molar-refractivity contribution in [2.45, 2.75) is 51.2 Å². The lowest BCUT2D eigenvalue weighted by Crippen LogP contribution is -2.36. The molecule has 1 fully saturated rings. The summed E-state index contributed by atoms with van der Waals surface area (Å²) in [5.74, 6) is 1.30. The molecule has 1 aliphatic rings. The van der Waals surface area contributed by atoms with Gasteiger partial charge >= 0.3 is 0 Å². The molecule has 1 saturated carbocycles. The van der Waals surface area contributed by atoms with Crippen LogP contribution in [0.5, 0.6) is 0 Å². The van der Waals surface area contributed by atoms with Crippen molar-refractivity contribution in [2.24, 2.45) is 5.92 Å². The first kappa shape index (κ1) is 17.1. The summed E-state index contributed by atoms with van der Waals surface area (Å²) in [6, 6.07) is 0. The van der Waals surface area contributed by atoms with Gasteiger partial charge < -0.3 is 15.2 Å². The lowest BCUT2D eigenvalue weighted by atomic mass is 9.85. The highest BCUT2D eigenvalue weighted by molar-refractivity contribution is 7.84. The molecule has 5 heteroatoms. The van der Waals surface area contributed by atoms with Crippen LogP contribution in [0, 0.1) is 5.92 Å². The summed E-state index contributed by atoms with van der Waals surface area (Å²) < 4.78 is 16.8. The van der Waals surface area contributed by atoms with Crippen molar-refractivity contribution in [3.63, 3.8) is 0 Å². The standard InChI is InChI=1S/C14H29NO3S/c1-3-12-6-4-5-7-14(12)18-11-13(16)10-15-8-9-19(2)17/h12-16H,3-11H2,1-2H3. The van der Waals surface area contributed by atoms with Crippen LogP contribution in [0.2, 0.25) is 0 Å². The van der Waals surface area contributed by atoms with E-state index >= 15 is 0 Å². The summed E-state index contributed by atoms with van der Waals surface area (Å²) in [5, 5.41) is 12.9. The number of hydrogen-bond acceptors (Lipinski definition) is 4. The second kappa shape index (κ2) is 9.86. The number of aliphatic hydroxyl groups excluding tert-OH is 1. The van der Waals surface area contributed by atoms with E-state index in [4.69, 9.17) is 4.74 Å². The highest BCUT2D eigenvalue weighted by atomic mass is 32.2. The molecule has 0 radical (unpaired) electrons. The molecule has 0 aromatic heterocycles. The summed E-state index contributed by atoms with van der Waals surface area (Å²) in [4.78, 5) is 0. The van der Waals surface area contributed by atoms with Crippen molar-refractivity contribution in [1.82, 2.24) is 5.32 Å². The Balaban J connectivity index is 2.11. The molecule has 0 amide bonds. The molecule has 19 heavy (non-hydrogen) atoms. The van der Waals surface area contributed by atoms with Gasteiger partial charge in [-0.15, -0.1) is 0 Å². The Morgan fingerprint density at radius 3 is 2.84 bits per heavy atom. The molecule has 0 aromatic carbocycles. The predicted octanol–water partition coefficient (Wildman–Crippen LogP) is 1.30. The second-order valence-corrected chi connectivity index (χ2v) is 7.01. The Morgan fingerprint density at radius 1 is 1.42 bits per heavy atom. The number of nitrogens with one attached hydrogen (secondary N) is 1. The number of hydrogen-bond donors (Lipinski definition) is 2. The van der Waals surface area contributed by atoms with E-state index in [1.165, 1.54) is 25.7 Å². The van der Waals surface area contributed by atoms with Crippen LogP contribution in [-0.2, 0) is 15.5 Å². The van der Waals surface area contributed by atoms with E-state index < -0.39 is 16.9 Å². The van der Waals surface area contributed by atoms with Gasteiger partial charge in [-0.3, -0.25) is 4.21 Å². The summed E-state index contributed by atoms with van der Waals surface area (Å²) in [5.41, 5.74) is 0. The topological polar surface area (TPSA) is 58.6 Å². The van der Waals surface area contributed by atoms with E-state index in [9.17, 15) is 9.32 Å². The molecule has 0 aromatic rings. The molecule has 0 spiro atoms. The first-order valence-electron chi connectivity index (χ1n) is 7.43. The maximum absolute atomic E-state index is 10.9. The Kier molecular flexibility index (Phi) is 8.86. The highest BCUT2D eigenvalue weighted by Gasteiger charge is 2.24. The van der Waals surface area contributed by atoms with Crippen LogP contribution in [0.25, 0.3) is 0 Å². The van der Waals surface area contributed by atoms with Crippen molar-refractivity contribution in [3.8, 4) is 0 Å². The van der Waals surface area contributed by atoms with E-state index in [2.05, 4.69) is 12.2 Å². The minimum absolute atomic E-state index is 0.330. The molecule has 4 unspecified atom stereocenters. The molecule has 4 nitrogen and oxygen atoms in total. The smallest absolute Gasteiger partial charge is 0.0897 e. The molecular formula is C14H29NO3S. The molecule has 114 valence electrons. The average molecular weight is 291 g/mol. The van der Waals surface area contributed by atoms with Crippen LogP contribution in [-0.4, -0.2) is 53.2 Å². The van der Waals surface area contributed by atoms with E-state index in [0.29, 0.717) is 37.5 Å². The number of aliphatic hydroxyl groups is 1. The minimum Gasteiger partial charge on any atom is -0.389 e. The fraction of sp³-hybridized carbons (Fsp3) is 1.00. The van der Waals surface area contributed by atoms with Crippen LogP contribution in [0.4, 0.5) is 0 Å². The molecule has 0 bridgehead atoms. The van der Waals surface area contributed by atoms with E-state index in [0.717, 1.165) is 6.42 Å². The molecule has 0 saturated heterocycles. The first-order chi connectivity index (χ1) is 9.13. The maximum atomic E-state index is 10.9. The van der Waals surface area contributed by atoms with Crippen LogP contribution < -0.4 is 5.32 Å². The molecule has 1 aliphatic carbocycles. The van der Waals surface area contributed by atoms with E-state index in [1.807, 2.05) is 0 Å². The normalized spacial score (nSPS) is 27.1. The Morgan fingerprint density at radius 2 is 2.16 bits per heavy atom. The average Bonchev–Trinajstić information content (AvgIpc) is 2.41. The molecule has 1 rings (SSSR count). The third-order valence-electron chi connectivity index (χ3n) is 3.81. The van der Waals surface area contributed by atoms with Crippen LogP contribution in [0.15, 0.2) is 0 Å². The largest absolute Gasteiger partial charge is 0.389 e. The van der Waals surface area contributed by atoms with Gasteiger partial charge in [0.25, 0.3) is 0 Å². The van der Waals surface area contributed by atoms with Crippen molar-refractivity contribution in [1.29, 1.82) is 0 Å². The SMILES string of the molecule is CCC1CCCCC1OCC(O)CNCCS(C)=O. The van der Waals surface area contributed by atoms with E-state index in [-0.39, 0.29) is 0 Å². The quantitative estimate of drug-likeness (QED) is 0.629. The van der Waals surface area contributed by atoms with Gasteiger partial charge in [0.1, 0.15) is 0 Å². The summed E-state index contributed by atoms with van der Waals surface area (Å²) in [6.07, 6.45) is 7.68. The van der Waals surface area contributed by atoms with Crippen LogP contribution in [0.3, 0.4) is 0 Å². The van der Waals surface area contributed by atoms with Gasteiger partial charge in [-0.05, 0) is 18.8 Å². The minimum atomic E-state index is -0.769. The van der Waals surface area contributed by atoms with Gasteiger partial charge in [-0.2, -0.15) is 0 Å². The third kappa shape index (κ3) is 7.40. The maximum Gasteiger partial charge on any atom is 0.0897 e. The zero-order valence-corrected chi connectivity index (χ0v) is 13.1. The highest BCUT2D eigenvalue weighted by Crippen LogP contribution is 2.29. The van der Waals surface area contributed by atoms with Gasteiger partial charge in [0.05, 0.1) is 18.8 Å². The molecular weight excluding hydrogens is 262 g/mol. The van der Waals surface area contributed by atoms with Crippen molar-refractivity contribution in [2.75, 3.05) is 31.7 Å².